The molecule has 114 valence electrons. The lowest BCUT2D eigenvalue weighted by atomic mass is 10.2. The molecule has 0 fully saturated rings. The summed E-state index contributed by atoms with van der Waals surface area (Å²) in [6.45, 7) is 1.89. The third kappa shape index (κ3) is 5.66. The number of nitrogens with zero attached hydrogens (tertiary/aromatic N) is 1. The summed E-state index contributed by atoms with van der Waals surface area (Å²) < 4.78 is 0.981. The van der Waals surface area contributed by atoms with Gasteiger partial charge in [0.15, 0.2) is 0 Å². The molecular weight excluding hydrogens is 360 g/mol. The largest absolute Gasteiger partial charge is 0.272 e. The number of benzene rings is 2. The van der Waals surface area contributed by atoms with Crippen LogP contribution in [0.2, 0.25) is 0 Å². The smallest absolute Gasteiger partial charge is 0.252 e. The van der Waals surface area contributed by atoms with Crippen LogP contribution in [0, 0.1) is 0 Å². The number of halogens is 1. The summed E-state index contributed by atoms with van der Waals surface area (Å²) in [5, 5.41) is 3.85. The topological polar surface area (TPSA) is 41.5 Å². The predicted molar refractivity (Wildman–Crippen MR) is 97.1 cm³/mol. The van der Waals surface area contributed by atoms with Crippen molar-refractivity contribution in [2.24, 2.45) is 5.10 Å². The van der Waals surface area contributed by atoms with Crippen LogP contribution in [-0.2, 0) is 10.5 Å². The molecule has 1 N–H and O–H groups in total. The number of rotatable bonds is 6. The summed E-state index contributed by atoms with van der Waals surface area (Å²) in [5.74, 6) is 0.720. The van der Waals surface area contributed by atoms with Crippen LogP contribution < -0.4 is 5.43 Å². The molecule has 2 aromatic rings. The SMILES string of the molecule is C[C@H](SCc1ccccc1)C(=O)N/N=C\c1cccc(Br)c1. The minimum Gasteiger partial charge on any atom is -0.272 e. The van der Waals surface area contributed by atoms with Gasteiger partial charge in [0.25, 0.3) is 5.91 Å². The Morgan fingerprint density at radius 1 is 1.27 bits per heavy atom. The Kier molecular flexibility index (Phi) is 6.68. The van der Waals surface area contributed by atoms with Crippen molar-refractivity contribution in [2.45, 2.75) is 17.9 Å². The maximum absolute atomic E-state index is 12.0. The number of carbonyl (C=O) groups excluding carboxylic acids is 1. The van der Waals surface area contributed by atoms with E-state index in [0.717, 1.165) is 15.8 Å². The van der Waals surface area contributed by atoms with Crippen molar-refractivity contribution in [3.05, 3.63) is 70.2 Å². The van der Waals surface area contributed by atoms with Gasteiger partial charge >= 0.3 is 0 Å². The number of hydrogen-bond donors (Lipinski definition) is 1. The fraction of sp³-hybridized carbons (Fsp3) is 0.176. The van der Waals surface area contributed by atoms with Crippen molar-refractivity contribution < 1.29 is 4.79 Å². The quantitative estimate of drug-likeness (QED) is 0.605. The molecule has 22 heavy (non-hydrogen) atoms. The molecule has 0 heterocycles. The van der Waals surface area contributed by atoms with Crippen LogP contribution in [-0.4, -0.2) is 17.4 Å². The van der Waals surface area contributed by atoms with E-state index in [1.54, 1.807) is 18.0 Å². The van der Waals surface area contributed by atoms with Crippen molar-refractivity contribution in [1.82, 2.24) is 5.43 Å². The molecule has 0 aromatic heterocycles. The average molecular weight is 377 g/mol. The van der Waals surface area contributed by atoms with Crippen molar-refractivity contribution >= 4 is 39.8 Å². The minimum atomic E-state index is -0.153. The Morgan fingerprint density at radius 2 is 2.05 bits per heavy atom. The zero-order chi connectivity index (χ0) is 15.8. The highest BCUT2D eigenvalue weighted by atomic mass is 79.9. The molecule has 2 rings (SSSR count). The number of hydrazone groups is 1. The Hall–Kier alpha value is -1.59. The highest BCUT2D eigenvalue weighted by Gasteiger charge is 2.12. The van der Waals surface area contributed by atoms with E-state index in [9.17, 15) is 4.79 Å². The predicted octanol–water partition coefficient (Wildman–Crippen LogP) is 4.22. The van der Waals surface area contributed by atoms with Crippen molar-refractivity contribution in [1.29, 1.82) is 0 Å². The van der Waals surface area contributed by atoms with Crippen molar-refractivity contribution in [2.75, 3.05) is 0 Å². The summed E-state index contributed by atoms with van der Waals surface area (Å²) in [6, 6.07) is 17.8. The first kappa shape index (κ1) is 16.8. The maximum Gasteiger partial charge on any atom is 0.252 e. The molecule has 0 bridgehead atoms. The molecule has 0 aliphatic carbocycles. The third-order valence-electron chi connectivity index (χ3n) is 2.95. The lowest BCUT2D eigenvalue weighted by Gasteiger charge is -2.09. The molecule has 0 spiro atoms. The lowest BCUT2D eigenvalue weighted by molar-refractivity contribution is -0.120. The Balaban J connectivity index is 1.79. The maximum atomic E-state index is 12.0. The van der Waals surface area contributed by atoms with Crippen molar-refractivity contribution in [3.63, 3.8) is 0 Å². The fourth-order valence-electron chi connectivity index (χ4n) is 1.72. The second-order valence-electron chi connectivity index (χ2n) is 4.73. The van der Waals surface area contributed by atoms with Crippen LogP contribution in [0.3, 0.4) is 0 Å². The monoisotopic (exact) mass is 376 g/mol. The molecular formula is C17H17BrN2OS. The highest BCUT2D eigenvalue weighted by molar-refractivity contribution is 9.10. The van der Waals surface area contributed by atoms with Gasteiger partial charge in [0.05, 0.1) is 11.5 Å². The number of nitrogens with one attached hydrogen (secondary N) is 1. The van der Waals surface area contributed by atoms with E-state index < -0.39 is 0 Å². The summed E-state index contributed by atoms with van der Waals surface area (Å²) in [7, 11) is 0. The van der Waals surface area contributed by atoms with Crippen LogP contribution in [0.15, 0.2) is 64.2 Å². The minimum absolute atomic E-state index is 0.0906. The van der Waals surface area contributed by atoms with Crippen molar-refractivity contribution in [3.8, 4) is 0 Å². The van der Waals surface area contributed by atoms with E-state index in [0.29, 0.717) is 0 Å². The van der Waals surface area contributed by atoms with Gasteiger partial charge in [-0.1, -0.05) is 58.4 Å². The third-order valence-corrected chi connectivity index (χ3v) is 4.66. The molecule has 1 amide bonds. The zero-order valence-electron chi connectivity index (χ0n) is 12.2. The second-order valence-corrected chi connectivity index (χ2v) is 6.97. The van der Waals surface area contributed by atoms with Gasteiger partial charge in [-0.05, 0) is 30.2 Å². The number of hydrogen-bond acceptors (Lipinski definition) is 3. The molecule has 1 atom stereocenters. The van der Waals surface area contributed by atoms with Gasteiger partial charge in [-0.15, -0.1) is 11.8 Å². The van der Waals surface area contributed by atoms with E-state index >= 15 is 0 Å². The van der Waals surface area contributed by atoms with Gasteiger partial charge in [0.2, 0.25) is 0 Å². The molecule has 0 radical (unpaired) electrons. The summed E-state index contributed by atoms with van der Waals surface area (Å²) in [5.41, 5.74) is 4.72. The van der Waals surface area contributed by atoms with Gasteiger partial charge in [0.1, 0.15) is 0 Å². The average Bonchev–Trinajstić information content (AvgIpc) is 2.53. The van der Waals surface area contributed by atoms with Crippen LogP contribution in [0.1, 0.15) is 18.1 Å². The zero-order valence-corrected chi connectivity index (χ0v) is 14.6. The molecule has 2 aromatic carbocycles. The molecule has 5 heteroatoms. The van der Waals surface area contributed by atoms with E-state index in [2.05, 4.69) is 38.6 Å². The van der Waals surface area contributed by atoms with Crippen LogP contribution in [0.5, 0.6) is 0 Å². The molecule has 0 saturated heterocycles. The van der Waals surface area contributed by atoms with E-state index in [-0.39, 0.29) is 11.2 Å². The second kappa shape index (κ2) is 8.76. The standard InChI is InChI=1S/C17H17BrN2OS/c1-13(22-12-14-6-3-2-4-7-14)17(21)20-19-11-15-8-5-9-16(18)10-15/h2-11,13H,12H2,1H3,(H,20,21)/b19-11-/t13-/m0/s1. The van der Waals surface area contributed by atoms with Crippen LogP contribution in [0.4, 0.5) is 0 Å². The van der Waals surface area contributed by atoms with Crippen LogP contribution >= 0.6 is 27.7 Å². The van der Waals surface area contributed by atoms with E-state index in [1.165, 1.54) is 5.56 Å². The Labute approximate surface area is 143 Å². The Morgan fingerprint density at radius 3 is 2.77 bits per heavy atom. The number of amides is 1. The first-order valence-electron chi connectivity index (χ1n) is 6.89. The first-order chi connectivity index (χ1) is 10.6. The Bertz CT molecular complexity index is 646. The normalized spacial score (nSPS) is 12.3. The van der Waals surface area contributed by atoms with Crippen LogP contribution in [0.25, 0.3) is 0 Å². The van der Waals surface area contributed by atoms with Gasteiger partial charge in [-0.2, -0.15) is 5.10 Å². The number of thioether (sulfide) groups is 1. The lowest BCUT2D eigenvalue weighted by Crippen LogP contribution is -2.26. The van der Waals surface area contributed by atoms with Gasteiger partial charge in [-0.25, -0.2) is 5.43 Å². The van der Waals surface area contributed by atoms with Gasteiger partial charge in [0, 0.05) is 10.2 Å². The number of carbonyl (C=O) groups is 1. The van der Waals surface area contributed by atoms with Gasteiger partial charge in [-0.3, -0.25) is 4.79 Å². The molecule has 0 aliphatic rings. The summed E-state index contributed by atoms with van der Waals surface area (Å²) in [4.78, 5) is 12.0. The molecule has 0 aliphatic heterocycles. The summed E-state index contributed by atoms with van der Waals surface area (Å²) in [6.07, 6.45) is 1.64. The van der Waals surface area contributed by atoms with Gasteiger partial charge < -0.3 is 0 Å². The molecule has 0 saturated carbocycles. The first-order valence-corrected chi connectivity index (χ1v) is 8.73. The molecule has 0 unspecified atom stereocenters. The summed E-state index contributed by atoms with van der Waals surface area (Å²) >= 11 is 4.99. The highest BCUT2D eigenvalue weighted by Crippen LogP contribution is 2.17. The molecule has 3 nitrogen and oxygen atoms in total. The fourth-order valence-corrected chi connectivity index (χ4v) is 2.98. The van der Waals surface area contributed by atoms with E-state index in [1.807, 2.05) is 49.4 Å². The van der Waals surface area contributed by atoms with E-state index in [4.69, 9.17) is 0 Å².